The molecule has 0 aliphatic rings. The number of nitrogens with one attached hydrogen (secondary N) is 3. The van der Waals surface area contributed by atoms with Crippen LogP contribution in [-0.2, 0) is 11.8 Å². The van der Waals surface area contributed by atoms with E-state index in [1.54, 1.807) is 23.0 Å². The van der Waals surface area contributed by atoms with E-state index < -0.39 is 5.91 Å². The van der Waals surface area contributed by atoms with E-state index in [1.165, 1.54) is 0 Å². The van der Waals surface area contributed by atoms with E-state index >= 15 is 0 Å². The third-order valence-corrected chi connectivity index (χ3v) is 5.24. The Morgan fingerprint density at radius 2 is 2.03 bits per heavy atom. The second-order valence-electron chi connectivity index (χ2n) is 7.48. The van der Waals surface area contributed by atoms with Crippen LogP contribution in [0, 0.1) is 5.92 Å². The molecular weight excluding hydrogens is 398 g/mol. The average molecular weight is 428 g/mol. The molecule has 2 amide bonds. The Morgan fingerprint density at radius 3 is 2.81 bits per heavy atom. The van der Waals surface area contributed by atoms with Crippen molar-refractivity contribution in [2.75, 3.05) is 13.2 Å². The Balaban J connectivity index is 1.54. The summed E-state index contributed by atoms with van der Waals surface area (Å²) in [7, 11) is 1.87. The third-order valence-electron chi connectivity index (χ3n) is 5.24. The SMILES string of the molecule is CCCCC[C@H](CNO)C(=O)NCNC(=O)c1ccc(-c2ccc3cnn(C)c3c2)o1. The summed E-state index contributed by atoms with van der Waals surface area (Å²) in [6, 6.07) is 9.16. The molecule has 31 heavy (non-hydrogen) atoms. The van der Waals surface area contributed by atoms with Gasteiger partial charge < -0.3 is 20.3 Å². The van der Waals surface area contributed by atoms with Crippen LogP contribution < -0.4 is 16.1 Å². The Bertz CT molecular complexity index is 1030. The van der Waals surface area contributed by atoms with E-state index in [2.05, 4.69) is 28.1 Å². The number of hydroxylamine groups is 1. The van der Waals surface area contributed by atoms with Crippen molar-refractivity contribution in [1.82, 2.24) is 25.9 Å². The molecule has 4 N–H and O–H groups in total. The first-order chi connectivity index (χ1) is 15.0. The summed E-state index contributed by atoms with van der Waals surface area (Å²) in [4.78, 5) is 24.7. The largest absolute Gasteiger partial charge is 0.451 e. The average Bonchev–Trinajstić information content (AvgIpc) is 3.40. The molecule has 0 fully saturated rings. The van der Waals surface area contributed by atoms with E-state index in [-0.39, 0.29) is 30.8 Å². The number of benzene rings is 1. The van der Waals surface area contributed by atoms with Crippen molar-refractivity contribution < 1.29 is 19.2 Å². The molecule has 0 bridgehead atoms. The first-order valence-corrected chi connectivity index (χ1v) is 10.5. The molecule has 0 spiro atoms. The number of unbranched alkanes of at least 4 members (excludes halogenated alkanes) is 2. The zero-order valence-electron chi connectivity index (χ0n) is 17.9. The number of carbonyl (C=O) groups is 2. The van der Waals surface area contributed by atoms with Crippen molar-refractivity contribution in [3.05, 3.63) is 42.3 Å². The maximum absolute atomic E-state index is 12.4. The molecule has 0 radical (unpaired) electrons. The smallest absolute Gasteiger partial charge is 0.288 e. The summed E-state index contributed by atoms with van der Waals surface area (Å²) in [6.07, 6.45) is 5.45. The van der Waals surface area contributed by atoms with Crippen LogP contribution in [0.25, 0.3) is 22.2 Å². The zero-order chi connectivity index (χ0) is 22.2. The molecule has 1 atom stereocenters. The number of aryl methyl sites for hydroxylation is 1. The number of furan rings is 1. The van der Waals surface area contributed by atoms with Crippen molar-refractivity contribution >= 4 is 22.7 Å². The number of fused-ring (bicyclic) bond motifs is 1. The van der Waals surface area contributed by atoms with Crippen molar-refractivity contribution in [2.24, 2.45) is 13.0 Å². The molecule has 1 aromatic carbocycles. The molecule has 0 saturated heterocycles. The van der Waals surface area contributed by atoms with Crippen molar-refractivity contribution in [1.29, 1.82) is 0 Å². The fraction of sp³-hybridized carbons (Fsp3) is 0.409. The molecule has 0 aliphatic carbocycles. The number of nitrogens with zero attached hydrogens (tertiary/aromatic N) is 2. The highest BCUT2D eigenvalue weighted by molar-refractivity contribution is 5.92. The minimum Gasteiger partial charge on any atom is -0.451 e. The summed E-state index contributed by atoms with van der Waals surface area (Å²) < 4.78 is 7.49. The van der Waals surface area contributed by atoms with E-state index in [0.29, 0.717) is 12.2 Å². The topological polar surface area (TPSA) is 121 Å². The van der Waals surface area contributed by atoms with Crippen molar-refractivity contribution in [3.63, 3.8) is 0 Å². The minimum absolute atomic E-state index is 0.0234. The number of rotatable bonds is 11. The quantitative estimate of drug-likeness (QED) is 0.212. The minimum atomic E-state index is -0.420. The van der Waals surface area contributed by atoms with Crippen LogP contribution in [0.2, 0.25) is 0 Å². The summed E-state index contributed by atoms with van der Waals surface area (Å²) in [5.41, 5.74) is 3.87. The molecule has 0 saturated carbocycles. The van der Waals surface area contributed by atoms with Crippen LogP contribution in [0.1, 0.15) is 43.2 Å². The van der Waals surface area contributed by atoms with Crippen LogP contribution in [0.15, 0.2) is 40.9 Å². The van der Waals surface area contributed by atoms with Crippen LogP contribution >= 0.6 is 0 Å². The van der Waals surface area contributed by atoms with Crippen LogP contribution in [0.4, 0.5) is 0 Å². The van der Waals surface area contributed by atoms with Crippen molar-refractivity contribution in [2.45, 2.75) is 32.6 Å². The monoisotopic (exact) mass is 427 g/mol. The van der Waals surface area contributed by atoms with Crippen LogP contribution in [0.3, 0.4) is 0 Å². The highest BCUT2D eigenvalue weighted by Crippen LogP contribution is 2.26. The highest BCUT2D eigenvalue weighted by atomic mass is 16.5. The van der Waals surface area contributed by atoms with Gasteiger partial charge in [0.25, 0.3) is 5.91 Å². The lowest BCUT2D eigenvalue weighted by atomic mass is 10.0. The summed E-state index contributed by atoms with van der Waals surface area (Å²) in [5.74, 6) is -0.266. The lowest BCUT2D eigenvalue weighted by Crippen LogP contribution is -2.42. The van der Waals surface area contributed by atoms with Crippen LogP contribution in [0.5, 0.6) is 0 Å². The van der Waals surface area contributed by atoms with Gasteiger partial charge in [-0.05, 0) is 24.6 Å². The Kier molecular flexibility index (Phi) is 7.80. The highest BCUT2D eigenvalue weighted by Gasteiger charge is 2.18. The lowest BCUT2D eigenvalue weighted by molar-refractivity contribution is -0.125. The molecule has 3 rings (SSSR count). The van der Waals surface area contributed by atoms with Gasteiger partial charge in [0.2, 0.25) is 5.91 Å². The van der Waals surface area contributed by atoms with Gasteiger partial charge >= 0.3 is 0 Å². The molecule has 2 heterocycles. The van der Waals surface area contributed by atoms with Crippen LogP contribution in [-0.4, -0.2) is 40.0 Å². The first-order valence-electron chi connectivity index (χ1n) is 10.5. The molecule has 3 aromatic rings. The van der Waals surface area contributed by atoms with Gasteiger partial charge in [-0.2, -0.15) is 5.10 Å². The Hall–Kier alpha value is -3.17. The van der Waals surface area contributed by atoms with Gasteiger partial charge in [0, 0.05) is 24.5 Å². The molecular formula is C22H29N5O4. The van der Waals surface area contributed by atoms with Gasteiger partial charge in [-0.25, -0.2) is 5.48 Å². The summed E-state index contributed by atoms with van der Waals surface area (Å²) >= 11 is 0. The maximum atomic E-state index is 12.4. The number of amides is 2. The Labute approximate surface area is 180 Å². The number of carbonyl (C=O) groups excluding carboxylic acids is 2. The fourth-order valence-electron chi connectivity index (χ4n) is 3.43. The second kappa shape index (κ2) is 10.7. The van der Waals surface area contributed by atoms with Gasteiger partial charge in [0.05, 0.1) is 24.3 Å². The number of aromatic nitrogens is 2. The number of hydrogen-bond donors (Lipinski definition) is 4. The fourth-order valence-corrected chi connectivity index (χ4v) is 3.43. The molecule has 0 unspecified atom stereocenters. The van der Waals surface area contributed by atoms with E-state index in [0.717, 1.165) is 35.7 Å². The standard InChI is InChI=1S/C22H29N5O4/c1-3-4-5-6-17(13-26-30)21(28)23-14-24-22(29)20-10-9-19(31-20)15-7-8-16-12-25-27(2)18(16)11-15/h7-12,17,26,30H,3-6,13-14H2,1-2H3,(H,23,28)(H,24,29)/t17-/m1/s1. The molecule has 2 aromatic heterocycles. The van der Waals surface area contributed by atoms with Crippen molar-refractivity contribution in [3.8, 4) is 11.3 Å². The predicted octanol–water partition coefficient (Wildman–Crippen LogP) is 2.81. The predicted molar refractivity (Wildman–Crippen MR) is 116 cm³/mol. The third kappa shape index (κ3) is 5.71. The van der Waals surface area contributed by atoms with Gasteiger partial charge in [-0.15, -0.1) is 0 Å². The molecule has 0 aliphatic heterocycles. The second-order valence-corrected chi connectivity index (χ2v) is 7.48. The number of hydrogen-bond acceptors (Lipinski definition) is 6. The molecule has 166 valence electrons. The Morgan fingerprint density at radius 1 is 1.19 bits per heavy atom. The van der Waals surface area contributed by atoms with E-state index in [4.69, 9.17) is 9.62 Å². The zero-order valence-corrected chi connectivity index (χ0v) is 17.9. The molecule has 9 nitrogen and oxygen atoms in total. The maximum Gasteiger partial charge on any atom is 0.288 e. The van der Waals surface area contributed by atoms with E-state index in [1.807, 2.05) is 25.2 Å². The van der Waals surface area contributed by atoms with E-state index in [9.17, 15) is 9.59 Å². The molecule has 9 heteroatoms. The summed E-state index contributed by atoms with van der Waals surface area (Å²) in [6.45, 7) is 2.24. The van der Waals surface area contributed by atoms with Gasteiger partial charge in [-0.1, -0.05) is 38.3 Å². The first kappa shape index (κ1) is 22.5. The normalized spacial score (nSPS) is 12.1. The van der Waals surface area contributed by atoms with Gasteiger partial charge in [0.1, 0.15) is 5.76 Å². The lowest BCUT2D eigenvalue weighted by Gasteiger charge is -2.16. The summed E-state index contributed by atoms with van der Waals surface area (Å²) in [5, 5.41) is 19.5. The van der Waals surface area contributed by atoms with Gasteiger partial charge in [0.15, 0.2) is 5.76 Å². The van der Waals surface area contributed by atoms with Gasteiger partial charge in [-0.3, -0.25) is 14.3 Å².